The van der Waals surface area contributed by atoms with E-state index in [1.54, 1.807) is 0 Å². The van der Waals surface area contributed by atoms with Gasteiger partial charge in [-0.3, -0.25) is 0 Å². The molecule has 0 amide bonds. The summed E-state index contributed by atoms with van der Waals surface area (Å²) in [6.45, 7) is 2.78. The number of ether oxygens (including phenoxy) is 1. The van der Waals surface area contributed by atoms with Crippen molar-refractivity contribution in [3.05, 3.63) is 29.8 Å². The van der Waals surface area contributed by atoms with Crippen LogP contribution in [0.4, 0.5) is 0 Å². The maximum absolute atomic E-state index is 5.97. The second kappa shape index (κ2) is 5.32. The molecular formula is C13H20N2O. The fourth-order valence-electron chi connectivity index (χ4n) is 2.15. The molecule has 1 aromatic carbocycles. The standard InChI is InChI=1S/C13H20N2O/c1-15-7-3-6-13(10-15)16-12-5-2-4-11(8-12)9-14/h2,4-5,8,13H,3,6-7,9-10,14H2,1H3. The fraction of sp³-hybridized carbons (Fsp3) is 0.538. The van der Waals surface area contributed by atoms with Gasteiger partial charge in [0.15, 0.2) is 0 Å². The van der Waals surface area contributed by atoms with Crippen molar-refractivity contribution in [2.75, 3.05) is 20.1 Å². The van der Waals surface area contributed by atoms with Gasteiger partial charge in [0.05, 0.1) is 0 Å². The minimum Gasteiger partial charge on any atom is -0.489 e. The first-order valence-corrected chi connectivity index (χ1v) is 5.92. The Hall–Kier alpha value is -1.06. The van der Waals surface area contributed by atoms with Gasteiger partial charge in [-0.15, -0.1) is 0 Å². The van der Waals surface area contributed by atoms with E-state index in [0.29, 0.717) is 12.6 Å². The van der Waals surface area contributed by atoms with E-state index in [2.05, 4.69) is 11.9 Å². The molecule has 3 heteroatoms. The molecule has 1 atom stereocenters. The number of hydrogen-bond donors (Lipinski definition) is 1. The molecule has 1 unspecified atom stereocenters. The minimum atomic E-state index is 0.326. The highest BCUT2D eigenvalue weighted by atomic mass is 16.5. The highest BCUT2D eigenvalue weighted by Gasteiger charge is 2.18. The molecule has 3 nitrogen and oxygen atoms in total. The number of likely N-dealkylation sites (N-methyl/N-ethyl adjacent to an activating group) is 1. The molecule has 0 spiro atoms. The molecule has 88 valence electrons. The van der Waals surface area contributed by atoms with Crippen LogP contribution in [-0.2, 0) is 6.54 Å². The lowest BCUT2D eigenvalue weighted by Gasteiger charge is -2.30. The van der Waals surface area contributed by atoms with Gasteiger partial charge in [-0.25, -0.2) is 0 Å². The predicted octanol–water partition coefficient (Wildman–Crippen LogP) is 1.62. The molecule has 1 heterocycles. The number of hydrogen-bond acceptors (Lipinski definition) is 3. The summed E-state index contributed by atoms with van der Waals surface area (Å²) in [5, 5.41) is 0. The summed E-state index contributed by atoms with van der Waals surface area (Å²) in [6.07, 6.45) is 2.70. The van der Waals surface area contributed by atoms with Crippen molar-refractivity contribution in [3.8, 4) is 5.75 Å². The van der Waals surface area contributed by atoms with Crippen molar-refractivity contribution in [2.45, 2.75) is 25.5 Å². The van der Waals surface area contributed by atoms with Gasteiger partial charge < -0.3 is 15.4 Å². The second-order valence-corrected chi connectivity index (χ2v) is 4.50. The lowest BCUT2D eigenvalue weighted by Crippen LogP contribution is -2.38. The highest BCUT2D eigenvalue weighted by Crippen LogP contribution is 2.18. The minimum absolute atomic E-state index is 0.326. The van der Waals surface area contributed by atoms with Gasteiger partial charge in [0.25, 0.3) is 0 Å². The Bertz CT molecular complexity index is 340. The molecule has 16 heavy (non-hydrogen) atoms. The number of piperidine rings is 1. The Balaban J connectivity index is 1.97. The Kier molecular flexibility index (Phi) is 3.80. The van der Waals surface area contributed by atoms with Crippen LogP contribution in [-0.4, -0.2) is 31.1 Å². The van der Waals surface area contributed by atoms with Crippen molar-refractivity contribution in [3.63, 3.8) is 0 Å². The molecule has 1 fully saturated rings. The summed E-state index contributed by atoms with van der Waals surface area (Å²) >= 11 is 0. The number of rotatable bonds is 3. The molecule has 0 bridgehead atoms. The highest BCUT2D eigenvalue weighted by molar-refractivity contribution is 5.28. The van der Waals surface area contributed by atoms with E-state index < -0.39 is 0 Å². The number of nitrogens with zero attached hydrogens (tertiary/aromatic N) is 1. The fourth-order valence-corrected chi connectivity index (χ4v) is 2.15. The molecule has 1 saturated heterocycles. The van der Waals surface area contributed by atoms with Gasteiger partial charge in [0.1, 0.15) is 11.9 Å². The SMILES string of the molecule is CN1CCCC(Oc2cccc(CN)c2)C1. The van der Waals surface area contributed by atoms with E-state index in [1.165, 1.54) is 13.0 Å². The first-order chi connectivity index (χ1) is 7.78. The molecule has 1 aliphatic rings. The van der Waals surface area contributed by atoms with Gasteiger partial charge in [0, 0.05) is 13.1 Å². The van der Waals surface area contributed by atoms with Crippen LogP contribution in [0.2, 0.25) is 0 Å². The summed E-state index contributed by atoms with van der Waals surface area (Å²) in [7, 11) is 2.14. The Morgan fingerprint density at radius 3 is 3.12 bits per heavy atom. The van der Waals surface area contributed by atoms with E-state index in [1.807, 2.05) is 24.3 Å². The van der Waals surface area contributed by atoms with Gasteiger partial charge in [-0.05, 0) is 44.1 Å². The normalized spacial score (nSPS) is 22.0. The quantitative estimate of drug-likeness (QED) is 0.841. The Morgan fingerprint density at radius 2 is 2.38 bits per heavy atom. The molecular weight excluding hydrogens is 200 g/mol. The Morgan fingerprint density at radius 1 is 1.50 bits per heavy atom. The second-order valence-electron chi connectivity index (χ2n) is 4.50. The Labute approximate surface area is 97.2 Å². The van der Waals surface area contributed by atoms with E-state index in [9.17, 15) is 0 Å². The van der Waals surface area contributed by atoms with Gasteiger partial charge in [-0.1, -0.05) is 12.1 Å². The van der Waals surface area contributed by atoms with Crippen LogP contribution < -0.4 is 10.5 Å². The van der Waals surface area contributed by atoms with Crippen LogP contribution in [0.1, 0.15) is 18.4 Å². The van der Waals surface area contributed by atoms with E-state index in [-0.39, 0.29) is 0 Å². The predicted molar refractivity (Wildman–Crippen MR) is 65.5 cm³/mol. The van der Waals surface area contributed by atoms with E-state index >= 15 is 0 Å². The molecule has 1 aliphatic heterocycles. The van der Waals surface area contributed by atoms with Gasteiger partial charge in [-0.2, -0.15) is 0 Å². The summed E-state index contributed by atoms with van der Waals surface area (Å²) in [5.74, 6) is 0.947. The third kappa shape index (κ3) is 2.97. The molecule has 2 N–H and O–H groups in total. The average Bonchev–Trinajstić information content (AvgIpc) is 2.29. The largest absolute Gasteiger partial charge is 0.489 e. The third-order valence-corrected chi connectivity index (χ3v) is 3.02. The van der Waals surface area contributed by atoms with Crippen molar-refractivity contribution >= 4 is 0 Å². The van der Waals surface area contributed by atoms with E-state index in [4.69, 9.17) is 10.5 Å². The molecule has 2 rings (SSSR count). The summed E-state index contributed by atoms with van der Waals surface area (Å²) in [4.78, 5) is 2.32. The van der Waals surface area contributed by atoms with Crippen molar-refractivity contribution in [1.82, 2.24) is 4.90 Å². The van der Waals surface area contributed by atoms with Crippen LogP contribution in [0.5, 0.6) is 5.75 Å². The number of benzene rings is 1. The summed E-state index contributed by atoms with van der Waals surface area (Å²) < 4.78 is 5.97. The van der Waals surface area contributed by atoms with Crippen LogP contribution in [0.25, 0.3) is 0 Å². The molecule has 0 aromatic heterocycles. The van der Waals surface area contributed by atoms with Crippen LogP contribution in [0.3, 0.4) is 0 Å². The monoisotopic (exact) mass is 220 g/mol. The zero-order valence-corrected chi connectivity index (χ0v) is 9.86. The zero-order valence-electron chi connectivity index (χ0n) is 9.86. The molecule has 1 aromatic rings. The van der Waals surface area contributed by atoms with Gasteiger partial charge in [0.2, 0.25) is 0 Å². The lowest BCUT2D eigenvalue weighted by atomic mass is 10.1. The van der Waals surface area contributed by atoms with Crippen LogP contribution in [0, 0.1) is 0 Å². The molecule has 0 aliphatic carbocycles. The van der Waals surface area contributed by atoms with Crippen molar-refractivity contribution in [2.24, 2.45) is 5.73 Å². The summed E-state index contributed by atoms with van der Waals surface area (Å²) in [5.41, 5.74) is 6.74. The first kappa shape index (κ1) is 11.4. The number of likely N-dealkylation sites (tertiary alicyclic amines) is 1. The third-order valence-electron chi connectivity index (χ3n) is 3.02. The maximum Gasteiger partial charge on any atom is 0.120 e. The van der Waals surface area contributed by atoms with Gasteiger partial charge >= 0.3 is 0 Å². The van der Waals surface area contributed by atoms with Crippen molar-refractivity contribution < 1.29 is 4.74 Å². The topological polar surface area (TPSA) is 38.5 Å². The number of nitrogens with two attached hydrogens (primary N) is 1. The first-order valence-electron chi connectivity index (χ1n) is 5.92. The summed E-state index contributed by atoms with van der Waals surface area (Å²) in [6, 6.07) is 8.08. The van der Waals surface area contributed by atoms with E-state index in [0.717, 1.165) is 24.3 Å². The van der Waals surface area contributed by atoms with Crippen LogP contribution in [0.15, 0.2) is 24.3 Å². The zero-order chi connectivity index (χ0) is 11.4. The molecule has 0 radical (unpaired) electrons. The molecule has 0 saturated carbocycles. The average molecular weight is 220 g/mol. The lowest BCUT2D eigenvalue weighted by molar-refractivity contribution is 0.104. The smallest absolute Gasteiger partial charge is 0.120 e. The van der Waals surface area contributed by atoms with Crippen molar-refractivity contribution in [1.29, 1.82) is 0 Å². The maximum atomic E-state index is 5.97. The van der Waals surface area contributed by atoms with Crippen LogP contribution >= 0.6 is 0 Å².